The van der Waals surface area contributed by atoms with Crippen LogP contribution in [-0.2, 0) is 11.3 Å². The lowest BCUT2D eigenvalue weighted by molar-refractivity contribution is -0.123. The molecule has 0 bridgehead atoms. The van der Waals surface area contributed by atoms with Crippen molar-refractivity contribution in [1.29, 1.82) is 0 Å². The molecule has 1 aromatic heterocycles. The first kappa shape index (κ1) is 17.7. The molecule has 1 saturated heterocycles. The number of carbonyl (C=O) groups is 2. The molecule has 28 heavy (non-hydrogen) atoms. The van der Waals surface area contributed by atoms with Gasteiger partial charge < -0.3 is 9.88 Å². The van der Waals surface area contributed by atoms with Gasteiger partial charge in [0.15, 0.2) is 0 Å². The van der Waals surface area contributed by atoms with Gasteiger partial charge in [-0.15, -0.1) is 0 Å². The van der Waals surface area contributed by atoms with Gasteiger partial charge in [-0.25, -0.2) is 9.18 Å². The molecule has 2 aromatic carbocycles. The molecule has 0 atom stereocenters. The second kappa shape index (κ2) is 7.15. The number of urea groups is 1. The second-order valence-electron chi connectivity index (χ2n) is 6.54. The number of hydrogen-bond acceptors (Lipinski definition) is 2. The van der Waals surface area contributed by atoms with Crippen molar-refractivity contribution in [2.24, 2.45) is 0 Å². The second-order valence-corrected chi connectivity index (χ2v) is 6.54. The summed E-state index contributed by atoms with van der Waals surface area (Å²) in [6.07, 6.45) is 1.64. The van der Waals surface area contributed by atoms with Crippen molar-refractivity contribution < 1.29 is 14.0 Å². The summed E-state index contributed by atoms with van der Waals surface area (Å²) in [6, 6.07) is 19.1. The summed E-state index contributed by atoms with van der Waals surface area (Å²) in [6.45, 7) is 1.85. The van der Waals surface area contributed by atoms with Gasteiger partial charge in [0, 0.05) is 22.6 Å². The SMILES string of the molecule is Cc1ccc(/C=C2\NC(=O)N(Cc3ccccc3F)C2=O)n1-c1ccccc1. The number of amides is 3. The summed E-state index contributed by atoms with van der Waals surface area (Å²) in [4.78, 5) is 26.0. The molecule has 0 unspecified atom stereocenters. The molecule has 140 valence electrons. The number of aromatic nitrogens is 1. The Morgan fingerprint density at radius 1 is 0.964 bits per heavy atom. The van der Waals surface area contributed by atoms with Crippen LogP contribution in [0.25, 0.3) is 11.8 Å². The Kier molecular flexibility index (Phi) is 4.53. The van der Waals surface area contributed by atoms with E-state index in [1.165, 1.54) is 6.07 Å². The predicted molar refractivity (Wildman–Crippen MR) is 104 cm³/mol. The Labute approximate surface area is 161 Å². The fraction of sp³-hybridized carbons (Fsp3) is 0.0909. The highest BCUT2D eigenvalue weighted by atomic mass is 19.1. The molecule has 0 saturated carbocycles. The molecule has 3 amide bonds. The summed E-state index contributed by atoms with van der Waals surface area (Å²) < 4.78 is 15.9. The van der Waals surface area contributed by atoms with Crippen molar-refractivity contribution >= 4 is 18.0 Å². The first-order valence-electron chi connectivity index (χ1n) is 8.86. The number of imide groups is 1. The lowest BCUT2D eigenvalue weighted by Crippen LogP contribution is -2.30. The number of aryl methyl sites for hydroxylation is 1. The summed E-state index contributed by atoms with van der Waals surface area (Å²) in [5.41, 5.74) is 3.17. The van der Waals surface area contributed by atoms with Gasteiger partial charge in [-0.05, 0) is 43.3 Å². The van der Waals surface area contributed by atoms with Gasteiger partial charge in [0.1, 0.15) is 11.5 Å². The Balaban J connectivity index is 1.65. The van der Waals surface area contributed by atoms with Crippen molar-refractivity contribution in [3.8, 4) is 5.69 Å². The van der Waals surface area contributed by atoms with Crippen molar-refractivity contribution in [3.63, 3.8) is 0 Å². The third-order valence-electron chi connectivity index (χ3n) is 4.66. The van der Waals surface area contributed by atoms with Crippen molar-refractivity contribution in [1.82, 2.24) is 14.8 Å². The quantitative estimate of drug-likeness (QED) is 0.553. The van der Waals surface area contributed by atoms with Crippen LogP contribution in [0.5, 0.6) is 0 Å². The maximum atomic E-state index is 13.9. The van der Waals surface area contributed by atoms with Crippen LogP contribution in [0.15, 0.2) is 72.4 Å². The fourth-order valence-electron chi connectivity index (χ4n) is 3.26. The van der Waals surface area contributed by atoms with Crippen LogP contribution in [0.3, 0.4) is 0 Å². The maximum absolute atomic E-state index is 13.9. The Bertz CT molecular complexity index is 1090. The highest BCUT2D eigenvalue weighted by Gasteiger charge is 2.34. The summed E-state index contributed by atoms with van der Waals surface area (Å²) in [5.74, 6) is -0.930. The minimum atomic E-state index is -0.561. The van der Waals surface area contributed by atoms with Gasteiger partial charge in [-0.1, -0.05) is 36.4 Å². The molecule has 0 radical (unpaired) electrons. The third-order valence-corrected chi connectivity index (χ3v) is 4.66. The molecule has 0 aliphatic carbocycles. The average Bonchev–Trinajstić information content (AvgIpc) is 3.18. The van der Waals surface area contributed by atoms with Gasteiger partial charge in [0.05, 0.1) is 6.54 Å². The van der Waals surface area contributed by atoms with Gasteiger partial charge in [-0.2, -0.15) is 0 Å². The predicted octanol–water partition coefficient (Wildman–Crippen LogP) is 4.02. The van der Waals surface area contributed by atoms with Crippen LogP contribution >= 0.6 is 0 Å². The van der Waals surface area contributed by atoms with E-state index in [9.17, 15) is 14.0 Å². The molecule has 4 rings (SSSR count). The highest BCUT2D eigenvalue weighted by molar-refractivity contribution is 6.13. The van der Waals surface area contributed by atoms with Gasteiger partial charge in [-0.3, -0.25) is 9.69 Å². The van der Waals surface area contributed by atoms with Crippen molar-refractivity contribution in [3.05, 3.63) is 95.2 Å². The lowest BCUT2D eigenvalue weighted by Gasteiger charge is -2.12. The Morgan fingerprint density at radius 3 is 2.43 bits per heavy atom. The normalized spacial score (nSPS) is 15.4. The summed E-state index contributed by atoms with van der Waals surface area (Å²) in [5, 5.41) is 2.59. The van der Waals surface area contributed by atoms with Crippen molar-refractivity contribution in [2.75, 3.05) is 0 Å². The van der Waals surface area contributed by atoms with E-state index in [1.807, 2.05) is 54.0 Å². The number of hydrogen-bond donors (Lipinski definition) is 1. The van der Waals surface area contributed by atoms with E-state index in [0.29, 0.717) is 0 Å². The molecule has 5 nitrogen and oxygen atoms in total. The number of para-hydroxylation sites is 1. The van der Waals surface area contributed by atoms with Crippen LogP contribution in [-0.4, -0.2) is 21.4 Å². The Hall–Kier alpha value is -3.67. The van der Waals surface area contributed by atoms with Gasteiger partial charge in [0.25, 0.3) is 5.91 Å². The number of benzene rings is 2. The van der Waals surface area contributed by atoms with E-state index < -0.39 is 17.8 Å². The number of nitrogens with one attached hydrogen (secondary N) is 1. The van der Waals surface area contributed by atoms with Crippen LogP contribution in [0.4, 0.5) is 9.18 Å². The first-order valence-corrected chi connectivity index (χ1v) is 8.86. The molecule has 0 spiro atoms. The molecule has 2 heterocycles. The zero-order chi connectivity index (χ0) is 19.7. The molecular formula is C22H18FN3O2. The highest BCUT2D eigenvalue weighted by Crippen LogP contribution is 2.22. The molecular weight excluding hydrogens is 357 g/mol. The maximum Gasteiger partial charge on any atom is 0.329 e. The van der Waals surface area contributed by atoms with E-state index in [-0.39, 0.29) is 17.8 Å². The summed E-state index contributed by atoms with van der Waals surface area (Å²) >= 11 is 0. The topological polar surface area (TPSA) is 54.3 Å². The van der Waals surface area contributed by atoms with Crippen molar-refractivity contribution in [2.45, 2.75) is 13.5 Å². The zero-order valence-electron chi connectivity index (χ0n) is 15.2. The largest absolute Gasteiger partial charge is 0.329 e. The minimum absolute atomic E-state index is 0.118. The van der Waals surface area contributed by atoms with Crippen LogP contribution in [0.2, 0.25) is 0 Å². The number of carbonyl (C=O) groups excluding carboxylic acids is 2. The van der Waals surface area contributed by atoms with E-state index in [0.717, 1.165) is 22.0 Å². The van der Waals surface area contributed by atoms with Gasteiger partial charge >= 0.3 is 6.03 Å². The van der Waals surface area contributed by atoms with E-state index in [2.05, 4.69) is 5.32 Å². The van der Waals surface area contributed by atoms with Crippen LogP contribution in [0, 0.1) is 12.7 Å². The minimum Gasteiger partial charge on any atom is -0.314 e. The molecule has 1 fully saturated rings. The van der Waals surface area contributed by atoms with Crippen LogP contribution in [0.1, 0.15) is 17.0 Å². The smallest absolute Gasteiger partial charge is 0.314 e. The van der Waals surface area contributed by atoms with E-state index >= 15 is 0 Å². The molecule has 1 N–H and O–H groups in total. The van der Waals surface area contributed by atoms with E-state index in [4.69, 9.17) is 0 Å². The standard InChI is InChI=1S/C22H18FN3O2/c1-15-11-12-18(26(15)17-8-3-2-4-9-17)13-20-21(27)25(22(28)24-20)14-16-7-5-6-10-19(16)23/h2-13H,14H2,1H3,(H,24,28)/b20-13-. The average molecular weight is 375 g/mol. The first-order chi connectivity index (χ1) is 13.5. The molecule has 6 heteroatoms. The lowest BCUT2D eigenvalue weighted by atomic mass is 10.2. The Morgan fingerprint density at radius 2 is 1.68 bits per heavy atom. The monoisotopic (exact) mass is 375 g/mol. The third kappa shape index (κ3) is 3.20. The number of nitrogens with zero attached hydrogens (tertiary/aromatic N) is 2. The van der Waals surface area contributed by atoms with E-state index in [1.54, 1.807) is 24.3 Å². The zero-order valence-corrected chi connectivity index (χ0v) is 15.2. The molecule has 1 aliphatic heterocycles. The van der Waals surface area contributed by atoms with Gasteiger partial charge in [0.2, 0.25) is 0 Å². The number of rotatable bonds is 4. The molecule has 3 aromatic rings. The fourth-order valence-corrected chi connectivity index (χ4v) is 3.26. The summed E-state index contributed by atoms with van der Waals surface area (Å²) in [7, 11) is 0. The molecule has 1 aliphatic rings. The van der Waals surface area contributed by atoms with Crippen LogP contribution < -0.4 is 5.32 Å². The number of halogens is 1.